The van der Waals surface area contributed by atoms with Crippen LogP contribution in [-0.2, 0) is 0 Å². The molecule has 0 heterocycles. The minimum absolute atomic E-state index is 1.18. The van der Waals surface area contributed by atoms with Gasteiger partial charge in [-0.1, -0.05) is 154 Å². The summed E-state index contributed by atoms with van der Waals surface area (Å²) in [4.78, 5) is 0. The van der Waals surface area contributed by atoms with Crippen molar-refractivity contribution < 1.29 is 0 Å². The van der Waals surface area contributed by atoms with E-state index in [1.165, 1.54) is 160 Å². The van der Waals surface area contributed by atoms with E-state index < -0.39 is 0 Å². The monoisotopic (exact) mass is 391 g/mol. The standard InChI is InChI=1S/C28H55/c1-4-6-8-10-12-14-16-17-19-21-23-25-27-28(3)26-24-22-20-18-15-13-11-9-7-5-2/h3H,4-27H2,1-2H3. The number of hydrogen-bond donors (Lipinski definition) is 0. The fourth-order valence-corrected chi connectivity index (χ4v) is 4.16. The Balaban J connectivity index is 3.13. The Hall–Kier alpha value is -0.260. The second kappa shape index (κ2) is 24.8. The molecular formula is C28H55. The van der Waals surface area contributed by atoms with Crippen molar-refractivity contribution in [2.24, 2.45) is 0 Å². The lowest BCUT2D eigenvalue weighted by Crippen LogP contribution is -1.87. The van der Waals surface area contributed by atoms with Gasteiger partial charge in [-0.15, -0.1) is 0 Å². The summed E-state index contributed by atoms with van der Waals surface area (Å²) in [6, 6.07) is 0. The molecule has 0 atom stereocenters. The van der Waals surface area contributed by atoms with Crippen LogP contribution in [0.1, 0.15) is 168 Å². The van der Waals surface area contributed by atoms with Gasteiger partial charge in [-0.05, 0) is 25.7 Å². The van der Waals surface area contributed by atoms with Gasteiger partial charge < -0.3 is 0 Å². The van der Waals surface area contributed by atoms with Gasteiger partial charge >= 0.3 is 0 Å². The smallest absolute Gasteiger partial charge is 0.0317 e. The lowest BCUT2D eigenvalue weighted by atomic mass is 10.00. The first-order valence-corrected chi connectivity index (χ1v) is 13.4. The van der Waals surface area contributed by atoms with Gasteiger partial charge in [0.15, 0.2) is 0 Å². The van der Waals surface area contributed by atoms with Crippen molar-refractivity contribution in [1.29, 1.82) is 0 Å². The zero-order valence-electron chi connectivity index (χ0n) is 20.0. The Morgan fingerprint density at radius 2 is 0.571 bits per heavy atom. The summed E-state index contributed by atoms with van der Waals surface area (Å²) in [5.74, 6) is 0. The van der Waals surface area contributed by atoms with Crippen molar-refractivity contribution >= 4 is 0 Å². The van der Waals surface area contributed by atoms with Crippen molar-refractivity contribution in [3.63, 3.8) is 0 Å². The van der Waals surface area contributed by atoms with Crippen molar-refractivity contribution in [2.45, 2.75) is 168 Å². The van der Waals surface area contributed by atoms with E-state index in [4.69, 9.17) is 6.58 Å². The third kappa shape index (κ3) is 23.8. The van der Waals surface area contributed by atoms with Crippen LogP contribution in [0.15, 0.2) is 5.57 Å². The Labute approximate surface area is 180 Å². The summed E-state index contributed by atoms with van der Waals surface area (Å²) in [5.41, 5.74) is 1.27. The van der Waals surface area contributed by atoms with Gasteiger partial charge in [0, 0.05) is 0 Å². The number of allylic oxidation sites excluding steroid dienone is 1. The quantitative estimate of drug-likeness (QED) is 0.143. The maximum atomic E-state index is 6.23. The van der Waals surface area contributed by atoms with Crippen LogP contribution in [-0.4, -0.2) is 0 Å². The summed E-state index contributed by atoms with van der Waals surface area (Å²) >= 11 is 0. The average Bonchev–Trinajstić information content (AvgIpc) is 2.70. The van der Waals surface area contributed by atoms with Gasteiger partial charge in [0.25, 0.3) is 0 Å². The lowest BCUT2D eigenvalue weighted by molar-refractivity contribution is 0.540. The van der Waals surface area contributed by atoms with Crippen LogP contribution in [0.25, 0.3) is 0 Å². The third-order valence-corrected chi connectivity index (χ3v) is 6.20. The Kier molecular flexibility index (Phi) is 24.5. The van der Waals surface area contributed by atoms with Crippen molar-refractivity contribution in [1.82, 2.24) is 0 Å². The molecule has 1 radical (unpaired) electrons. The topological polar surface area (TPSA) is 0 Å². The molecule has 0 aliphatic rings. The summed E-state index contributed by atoms with van der Waals surface area (Å²) in [6.45, 7) is 10.8. The van der Waals surface area contributed by atoms with Crippen LogP contribution < -0.4 is 0 Å². The lowest BCUT2D eigenvalue weighted by Gasteiger charge is -2.06. The fourth-order valence-electron chi connectivity index (χ4n) is 4.16. The molecule has 0 aliphatic heterocycles. The fraction of sp³-hybridized carbons (Fsp3) is 0.929. The molecule has 0 nitrogen and oxygen atoms in total. The molecule has 0 aromatic heterocycles. The summed E-state index contributed by atoms with van der Waals surface area (Å²) in [6.07, 6.45) is 33.6. The molecule has 0 amide bonds. The van der Waals surface area contributed by atoms with Gasteiger partial charge in [-0.25, -0.2) is 0 Å². The second-order valence-corrected chi connectivity index (χ2v) is 9.23. The minimum Gasteiger partial charge on any atom is -0.0702 e. The summed E-state index contributed by atoms with van der Waals surface area (Å²) < 4.78 is 0. The first-order valence-electron chi connectivity index (χ1n) is 13.4. The number of hydrogen-bond acceptors (Lipinski definition) is 0. The zero-order valence-corrected chi connectivity index (χ0v) is 20.0. The molecule has 0 N–H and O–H groups in total. The molecule has 0 rings (SSSR count). The van der Waals surface area contributed by atoms with E-state index in [0.29, 0.717) is 0 Å². The maximum Gasteiger partial charge on any atom is -0.0317 e. The molecule has 0 unspecified atom stereocenters. The predicted octanol–water partition coefficient (Wildman–Crippen LogP) is 10.7. The molecule has 0 aromatic carbocycles. The molecule has 0 aliphatic carbocycles. The predicted molar refractivity (Wildman–Crippen MR) is 130 cm³/mol. The van der Waals surface area contributed by atoms with Crippen LogP contribution in [0.3, 0.4) is 0 Å². The average molecular weight is 392 g/mol. The van der Waals surface area contributed by atoms with Crippen LogP contribution >= 0.6 is 0 Å². The van der Waals surface area contributed by atoms with Gasteiger partial charge in [0.1, 0.15) is 0 Å². The van der Waals surface area contributed by atoms with Crippen molar-refractivity contribution in [3.8, 4) is 0 Å². The first kappa shape index (κ1) is 27.7. The Bertz CT molecular complexity index is 290. The van der Waals surface area contributed by atoms with Crippen LogP contribution in [0.2, 0.25) is 0 Å². The Morgan fingerprint density at radius 3 is 0.821 bits per heavy atom. The third-order valence-electron chi connectivity index (χ3n) is 6.20. The van der Waals surface area contributed by atoms with Crippen LogP contribution in [0.5, 0.6) is 0 Å². The van der Waals surface area contributed by atoms with Gasteiger partial charge in [0.05, 0.1) is 0 Å². The van der Waals surface area contributed by atoms with E-state index in [-0.39, 0.29) is 0 Å². The van der Waals surface area contributed by atoms with E-state index in [2.05, 4.69) is 13.8 Å². The highest BCUT2D eigenvalue weighted by molar-refractivity contribution is 4.90. The van der Waals surface area contributed by atoms with Gasteiger partial charge in [-0.3, -0.25) is 0 Å². The van der Waals surface area contributed by atoms with E-state index in [0.717, 1.165) is 0 Å². The molecule has 0 bridgehead atoms. The normalized spacial score (nSPS) is 11.2. The molecule has 167 valence electrons. The first-order chi connectivity index (χ1) is 13.8. The number of rotatable bonds is 24. The molecule has 0 aromatic rings. The van der Waals surface area contributed by atoms with E-state index >= 15 is 0 Å². The van der Waals surface area contributed by atoms with Crippen molar-refractivity contribution in [2.75, 3.05) is 0 Å². The highest BCUT2D eigenvalue weighted by atomic mass is 14.0. The molecule has 0 saturated heterocycles. The zero-order chi connectivity index (χ0) is 20.5. The van der Waals surface area contributed by atoms with Crippen molar-refractivity contribution in [3.05, 3.63) is 12.2 Å². The molecule has 0 fully saturated rings. The van der Waals surface area contributed by atoms with Crippen LogP contribution in [0, 0.1) is 6.58 Å². The van der Waals surface area contributed by atoms with Gasteiger partial charge in [-0.2, -0.15) is 0 Å². The SMILES string of the molecule is [CH]=C(CCCCCCCCCCCC)CCCCCCCCCCCCCC. The maximum absolute atomic E-state index is 6.23. The molecule has 28 heavy (non-hydrogen) atoms. The molecule has 0 spiro atoms. The summed E-state index contributed by atoms with van der Waals surface area (Å²) in [5, 5.41) is 0. The highest BCUT2D eigenvalue weighted by Gasteiger charge is 1.98. The van der Waals surface area contributed by atoms with E-state index in [1.807, 2.05) is 0 Å². The van der Waals surface area contributed by atoms with E-state index in [9.17, 15) is 0 Å². The second-order valence-electron chi connectivity index (χ2n) is 9.23. The van der Waals surface area contributed by atoms with Gasteiger partial charge in [0.2, 0.25) is 0 Å². The Morgan fingerprint density at radius 1 is 0.357 bits per heavy atom. The molecule has 0 heteroatoms. The van der Waals surface area contributed by atoms with Crippen LogP contribution in [0.4, 0.5) is 0 Å². The molecule has 0 saturated carbocycles. The largest absolute Gasteiger partial charge is 0.0702 e. The number of unbranched alkanes of at least 4 members (excludes halogenated alkanes) is 20. The van der Waals surface area contributed by atoms with E-state index in [1.54, 1.807) is 0 Å². The molecular weight excluding hydrogens is 336 g/mol. The highest BCUT2D eigenvalue weighted by Crippen LogP contribution is 2.18. The summed E-state index contributed by atoms with van der Waals surface area (Å²) in [7, 11) is 0. The minimum atomic E-state index is 1.18.